The fourth-order valence-electron chi connectivity index (χ4n) is 2.49. The van der Waals surface area contributed by atoms with Crippen LogP contribution in [0.1, 0.15) is 56.8 Å². The largest absolute Gasteiger partial charge is 0.431 e. The molecule has 2 aromatic rings. The van der Waals surface area contributed by atoms with Crippen LogP contribution in [0.2, 0.25) is 0 Å². The van der Waals surface area contributed by atoms with Crippen LogP contribution in [0.4, 0.5) is 0 Å². The summed E-state index contributed by atoms with van der Waals surface area (Å²) < 4.78 is 11.1. The number of hydrogen-bond acceptors (Lipinski definition) is 5. The lowest BCUT2D eigenvalue weighted by molar-refractivity contribution is -0.181. The number of carbonyl (C=O) groups is 1. The molecule has 0 saturated carbocycles. The Morgan fingerprint density at radius 3 is 2.19 bits per heavy atom. The van der Waals surface area contributed by atoms with Crippen molar-refractivity contribution in [2.24, 2.45) is 0 Å². The molecule has 146 valence electrons. The van der Waals surface area contributed by atoms with Crippen LogP contribution in [0.3, 0.4) is 0 Å². The van der Waals surface area contributed by atoms with Crippen LogP contribution < -0.4 is 5.32 Å². The van der Waals surface area contributed by atoms with Gasteiger partial charge in [0.1, 0.15) is 0 Å². The van der Waals surface area contributed by atoms with E-state index in [0.717, 1.165) is 16.7 Å². The molecule has 2 rings (SSSR count). The topological polar surface area (TPSA) is 67.8 Å². The zero-order chi connectivity index (χ0) is 19.9. The van der Waals surface area contributed by atoms with Gasteiger partial charge in [0.15, 0.2) is 0 Å². The summed E-state index contributed by atoms with van der Waals surface area (Å²) in [7, 11) is 0. The predicted octanol–water partition coefficient (Wildman–Crippen LogP) is 3.89. The van der Waals surface area contributed by atoms with Gasteiger partial charge < -0.3 is 19.9 Å². The molecular formula is C22H29NO4. The van der Waals surface area contributed by atoms with Gasteiger partial charge in [0.05, 0.1) is 12.7 Å². The Bertz CT molecular complexity index is 707. The fourth-order valence-corrected chi connectivity index (χ4v) is 2.49. The molecule has 0 amide bonds. The van der Waals surface area contributed by atoms with Gasteiger partial charge in [-0.15, -0.1) is 0 Å². The van der Waals surface area contributed by atoms with Crippen LogP contribution >= 0.6 is 0 Å². The van der Waals surface area contributed by atoms with Crippen molar-refractivity contribution >= 4 is 5.97 Å². The summed E-state index contributed by atoms with van der Waals surface area (Å²) in [5.74, 6) is -0.411. The molecule has 0 radical (unpaired) electrons. The Balaban J connectivity index is 2.03. The molecule has 27 heavy (non-hydrogen) atoms. The van der Waals surface area contributed by atoms with E-state index in [1.54, 1.807) is 0 Å². The average Bonchev–Trinajstić information content (AvgIpc) is 2.63. The first-order valence-electron chi connectivity index (χ1n) is 9.10. The molecule has 0 saturated heterocycles. The van der Waals surface area contributed by atoms with Crippen molar-refractivity contribution < 1.29 is 19.4 Å². The third-order valence-electron chi connectivity index (χ3n) is 3.94. The molecule has 0 fully saturated rings. The average molecular weight is 371 g/mol. The molecular weight excluding hydrogens is 342 g/mol. The highest BCUT2D eigenvalue weighted by Crippen LogP contribution is 2.23. The summed E-state index contributed by atoms with van der Waals surface area (Å²) >= 11 is 0. The van der Waals surface area contributed by atoms with Crippen LogP contribution in [0, 0.1) is 0 Å². The molecule has 0 spiro atoms. The Morgan fingerprint density at radius 2 is 1.63 bits per heavy atom. The van der Waals surface area contributed by atoms with E-state index in [9.17, 15) is 9.90 Å². The van der Waals surface area contributed by atoms with Crippen LogP contribution in [0.25, 0.3) is 0 Å². The summed E-state index contributed by atoms with van der Waals surface area (Å²) in [6, 6.07) is 17.0. The zero-order valence-electron chi connectivity index (χ0n) is 16.4. The molecule has 5 heteroatoms. The lowest BCUT2D eigenvalue weighted by Crippen LogP contribution is -2.38. The highest BCUT2D eigenvalue weighted by Gasteiger charge is 2.18. The molecule has 0 bridgehead atoms. The van der Waals surface area contributed by atoms with Crippen molar-refractivity contribution in [1.82, 2.24) is 5.32 Å². The molecule has 0 aliphatic heterocycles. The number of aliphatic hydroxyl groups excluding tert-OH is 1. The van der Waals surface area contributed by atoms with Crippen molar-refractivity contribution in [3.05, 3.63) is 71.3 Å². The maximum atomic E-state index is 11.4. The Hall–Kier alpha value is -2.21. The molecule has 0 aliphatic rings. The molecule has 0 heterocycles. The number of β-amino-alcohol motifs (C(OH)–C–C–N with tert-alkyl or cyclic N) is 1. The van der Waals surface area contributed by atoms with Gasteiger partial charge in [-0.2, -0.15) is 0 Å². The van der Waals surface area contributed by atoms with E-state index in [4.69, 9.17) is 9.47 Å². The van der Waals surface area contributed by atoms with E-state index in [2.05, 4.69) is 26.1 Å². The number of benzene rings is 2. The number of hydrogen-bond donors (Lipinski definition) is 2. The molecule has 5 nitrogen and oxygen atoms in total. The first-order chi connectivity index (χ1) is 12.7. The number of aliphatic hydroxyl groups is 1. The summed E-state index contributed by atoms with van der Waals surface area (Å²) in [4.78, 5) is 11.4. The number of nitrogens with one attached hydrogen (secondary N) is 1. The van der Waals surface area contributed by atoms with Gasteiger partial charge in [0.25, 0.3) is 0 Å². The molecule has 0 aromatic heterocycles. The van der Waals surface area contributed by atoms with Gasteiger partial charge in [0, 0.05) is 24.6 Å². The highest BCUT2D eigenvalue weighted by atomic mass is 16.7. The second-order valence-corrected chi connectivity index (χ2v) is 7.55. The monoisotopic (exact) mass is 371 g/mol. The number of rotatable bonds is 8. The van der Waals surface area contributed by atoms with Crippen molar-refractivity contribution in [2.75, 3.05) is 6.54 Å². The third-order valence-corrected chi connectivity index (χ3v) is 3.94. The van der Waals surface area contributed by atoms with Gasteiger partial charge >= 0.3 is 5.97 Å². The first kappa shape index (κ1) is 21.1. The Kier molecular flexibility index (Phi) is 7.54. The van der Waals surface area contributed by atoms with Gasteiger partial charge in [-0.05, 0) is 31.9 Å². The number of ether oxygens (including phenoxy) is 2. The second kappa shape index (κ2) is 9.65. The standard InChI is InChI=1S/C22H29NO4/c1-16(24)27-21(26-15-17-8-6-5-7-9-17)19-12-10-18(11-13-19)20(25)14-23-22(2,3)4/h5-13,20-21,23,25H,14-15H2,1-4H3/t20-,21+/m0/s1. The van der Waals surface area contributed by atoms with E-state index >= 15 is 0 Å². The van der Waals surface area contributed by atoms with Crippen molar-refractivity contribution in [2.45, 2.75) is 52.2 Å². The van der Waals surface area contributed by atoms with E-state index in [-0.39, 0.29) is 5.54 Å². The Morgan fingerprint density at radius 1 is 1.04 bits per heavy atom. The van der Waals surface area contributed by atoms with Gasteiger partial charge in [0.2, 0.25) is 6.29 Å². The lowest BCUT2D eigenvalue weighted by Gasteiger charge is -2.23. The quantitative estimate of drug-likeness (QED) is 0.544. The van der Waals surface area contributed by atoms with E-state index in [0.29, 0.717) is 13.2 Å². The zero-order valence-corrected chi connectivity index (χ0v) is 16.4. The van der Waals surface area contributed by atoms with Crippen molar-refractivity contribution in [1.29, 1.82) is 0 Å². The summed E-state index contributed by atoms with van der Waals surface area (Å²) in [5.41, 5.74) is 2.45. The van der Waals surface area contributed by atoms with E-state index in [1.165, 1.54) is 6.92 Å². The van der Waals surface area contributed by atoms with Gasteiger partial charge in [-0.25, -0.2) is 0 Å². The number of carbonyl (C=O) groups excluding carboxylic acids is 1. The van der Waals surface area contributed by atoms with E-state index in [1.807, 2.05) is 54.6 Å². The Labute approximate surface area is 161 Å². The van der Waals surface area contributed by atoms with E-state index < -0.39 is 18.4 Å². The van der Waals surface area contributed by atoms with Crippen molar-refractivity contribution in [3.63, 3.8) is 0 Å². The normalized spacial score (nSPS) is 13.8. The maximum Gasteiger partial charge on any atom is 0.305 e. The predicted molar refractivity (Wildman–Crippen MR) is 105 cm³/mol. The third kappa shape index (κ3) is 7.51. The highest BCUT2D eigenvalue weighted by molar-refractivity contribution is 5.66. The van der Waals surface area contributed by atoms with Gasteiger partial charge in [-0.3, -0.25) is 4.79 Å². The van der Waals surface area contributed by atoms with Crippen LogP contribution in [-0.4, -0.2) is 23.2 Å². The smallest absolute Gasteiger partial charge is 0.305 e. The van der Waals surface area contributed by atoms with Crippen LogP contribution in [-0.2, 0) is 20.9 Å². The van der Waals surface area contributed by atoms with Crippen LogP contribution in [0.5, 0.6) is 0 Å². The molecule has 0 aliphatic carbocycles. The minimum absolute atomic E-state index is 0.0629. The van der Waals surface area contributed by atoms with Gasteiger partial charge in [-0.1, -0.05) is 54.6 Å². The van der Waals surface area contributed by atoms with Crippen LogP contribution in [0.15, 0.2) is 54.6 Å². The first-order valence-corrected chi connectivity index (χ1v) is 9.10. The minimum atomic E-state index is -0.790. The maximum absolute atomic E-state index is 11.4. The summed E-state index contributed by atoms with van der Waals surface area (Å²) in [5, 5.41) is 13.6. The lowest BCUT2D eigenvalue weighted by atomic mass is 10.0. The minimum Gasteiger partial charge on any atom is -0.431 e. The molecule has 2 aromatic carbocycles. The molecule has 2 atom stereocenters. The fraction of sp³-hybridized carbons (Fsp3) is 0.409. The SMILES string of the molecule is CC(=O)O[C@@H](OCc1ccccc1)c1ccc([C@@H](O)CNC(C)(C)C)cc1. The second-order valence-electron chi connectivity index (χ2n) is 7.55. The number of esters is 1. The molecule has 2 N–H and O–H groups in total. The summed E-state index contributed by atoms with van der Waals surface area (Å²) in [6.45, 7) is 8.30. The summed E-state index contributed by atoms with van der Waals surface area (Å²) in [6.07, 6.45) is -1.41. The van der Waals surface area contributed by atoms with Crippen molar-refractivity contribution in [3.8, 4) is 0 Å². The molecule has 0 unspecified atom stereocenters.